The van der Waals surface area contributed by atoms with Crippen molar-refractivity contribution in [2.45, 2.75) is 24.3 Å². The lowest BCUT2D eigenvalue weighted by Crippen LogP contribution is -2.46. The van der Waals surface area contributed by atoms with E-state index in [2.05, 4.69) is 25.3 Å². The number of guanidine groups is 1. The number of hydrogen-bond donors (Lipinski definition) is 3. The Morgan fingerprint density at radius 1 is 1.35 bits per heavy atom. The Balaban J connectivity index is 2.38. The molecule has 0 aliphatic heterocycles. The van der Waals surface area contributed by atoms with E-state index in [4.69, 9.17) is 4.74 Å². The molecule has 0 fully saturated rings. The topological polar surface area (TPSA) is 105 Å². The maximum absolute atomic E-state index is 12.0. The fourth-order valence-corrected chi connectivity index (χ4v) is 2.54. The summed E-state index contributed by atoms with van der Waals surface area (Å²) < 4.78 is 31.8. The van der Waals surface area contributed by atoms with E-state index in [1.54, 1.807) is 20.2 Å². The number of hydrogen-bond acceptors (Lipinski definition) is 5. The van der Waals surface area contributed by atoms with Crippen molar-refractivity contribution in [3.8, 4) is 0 Å². The molecule has 0 aliphatic rings. The number of sulfonamides is 1. The molecular formula is C14H25N5O3S. The molecule has 0 saturated heterocycles. The summed E-state index contributed by atoms with van der Waals surface area (Å²) >= 11 is 0. The first-order valence-electron chi connectivity index (χ1n) is 7.20. The molecule has 3 N–H and O–H groups in total. The van der Waals surface area contributed by atoms with Crippen LogP contribution in [0.2, 0.25) is 0 Å². The average molecular weight is 343 g/mol. The zero-order valence-electron chi connectivity index (χ0n) is 14.0. The highest BCUT2D eigenvalue weighted by atomic mass is 32.2. The molecule has 23 heavy (non-hydrogen) atoms. The van der Waals surface area contributed by atoms with Crippen LogP contribution >= 0.6 is 0 Å². The highest BCUT2D eigenvalue weighted by molar-refractivity contribution is 7.89. The number of rotatable bonds is 8. The van der Waals surface area contributed by atoms with Crippen LogP contribution in [0, 0.1) is 0 Å². The van der Waals surface area contributed by atoms with Crippen molar-refractivity contribution in [2.75, 3.05) is 33.8 Å². The Hall–Kier alpha value is -1.71. The normalized spacial score (nSPS) is 13.0. The van der Waals surface area contributed by atoms with Crippen molar-refractivity contribution in [1.82, 2.24) is 20.3 Å². The highest BCUT2D eigenvalue weighted by Crippen LogP contribution is 2.05. The fraction of sp³-hybridized carbons (Fsp3) is 0.571. The number of pyridine rings is 1. The van der Waals surface area contributed by atoms with Crippen LogP contribution in [-0.2, 0) is 14.8 Å². The summed E-state index contributed by atoms with van der Waals surface area (Å²) in [5, 5.41) is 6.15. The van der Waals surface area contributed by atoms with Gasteiger partial charge in [0.2, 0.25) is 10.0 Å². The van der Waals surface area contributed by atoms with Gasteiger partial charge >= 0.3 is 0 Å². The molecule has 0 bridgehead atoms. The summed E-state index contributed by atoms with van der Waals surface area (Å²) in [5.41, 5.74) is -0.320. The quantitative estimate of drug-likeness (QED) is 0.347. The summed E-state index contributed by atoms with van der Waals surface area (Å²) in [6, 6.07) is 3.08. The molecule has 9 heteroatoms. The second kappa shape index (κ2) is 8.80. The van der Waals surface area contributed by atoms with Crippen LogP contribution in [0.4, 0.5) is 0 Å². The van der Waals surface area contributed by atoms with Gasteiger partial charge in [0, 0.05) is 46.2 Å². The molecule has 1 aromatic rings. The van der Waals surface area contributed by atoms with Crippen LogP contribution in [0.15, 0.2) is 34.4 Å². The molecule has 0 atom stereocenters. The smallest absolute Gasteiger partial charge is 0.242 e. The molecular weight excluding hydrogens is 318 g/mol. The van der Waals surface area contributed by atoms with Crippen LogP contribution in [0.5, 0.6) is 0 Å². The van der Waals surface area contributed by atoms with Crippen molar-refractivity contribution in [1.29, 1.82) is 0 Å². The predicted octanol–water partition coefficient (Wildman–Crippen LogP) is -0.0501. The summed E-state index contributed by atoms with van der Waals surface area (Å²) in [4.78, 5) is 8.01. The van der Waals surface area contributed by atoms with E-state index in [1.165, 1.54) is 18.5 Å². The monoisotopic (exact) mass is 343 g/mol. The first kappa shape index (κ1) is 19.3. The average Bonchev–Trinajstić information content (AvgIpc) is 2.55. The van der Waals surface area contributed by atoms with Crippen LogP contribution in [0.1, 0.15) is 13.8 Å². The number of aromatic nitrogens is 1. The summed E-state index contributed by atoms with van der Waals surface area (Å²) in [6.45, 7) is 5.10. The van der Waals surface area contributed by atoms with Crippen LogP contribution in [0.3, 0.4) is 0 Å². The number of aliphatic imine (C=N–C) groups is 1. The third kappa shape index (κ3) is 6.93. The van der Waals surface area contributed by atoms with Crippen molar-refractivity contribution in [3.63, 3.8) is 0 Å². The molecule has 0 amide bonds. The van der Waals surface area contributed by atoms with Crippen molar-refractivity contribution in [2.24, 2.45) is 4.99 Å². The van der Waals surface area contributed by atoms with Crippen LogP contribution in [-0.4, -0.2) is 58.8 Å². The minimum Gasteiger partial charge on any atom is -0.377 e. The van der Waals surface area contributed by atoms with Gasteiger partial charge in [0.1, 0.15) is 4.90 Å². The Morgan fingerprint density at radius 2 is 2.09 bits per heavy atom. The number of methoxy groups -OCH3 is 1. The minimum atomic E-state index is -3.54. The fourth-order valence-electron chi connectivity index (χ4n) is 1.55. The van der Waals surface area contributed by atoms with E-state index < -0.39 is 10.0 Å². The lowest BCUT2D eigenvalue weighted by Gasteiger charge is -2.24. The molecule has 0 spiro atoms. The highest BCUT2D eigenvalue weighted by Gasteiger charge is 2.16. The molecule has 130 valence electrons. The maximum Gasteiger partial charge on any atom is 0.242 e. The Kier molecular flexibility index (Phi) is 7.40. The third-order valence-electron chi connectivity index (χ3n) is 3.11. The van der Waals surface area contributed by atoms with Gasteiger partial charge in [0.15, 0.2) is 5.96 Å². The lowest BCUT2D eigenvalue weighted by atomic mass is 10.1. The van der Waals surface area contributed by atoms with Gasteiger partial charge in [0.25, 0.3) is 0 Å². The van der Waals surface area contributed by atoms with E-state index in [9.17, 15) is 8.42 Å². The van der Waals surface area contributed by atoms with Gasteiger partial charge in [-0.1, -0.05) is 0 Å². The van der Waals surface area contributed by atoms with E-state index in [0.717, 1.165) is 0 Å². The zero-order valence-corrected chi connectivity index (χ0v) is 14.8. The van der Waals surface area contributed by atoms with Gasteiger partial charge in [-0.3, -0.25) is 9.98 Å². The number of nitrogens with one attached hydrogen (secondary N) is 3. The molecule has 1 rings (SSSR count). The summed E-state index contributed by atoms with van der Waals surface area (Å²) in [5.74, 6) is 0.579. The first-order valence-corrected chi connectivity index (χ1v) is 8.68. The first-order chi connectivity index (χ1) is 10.8. The maximum atomic E-state index is 12.0. The van der Waals surface area contributed by atoms with Crippen LogP contribution in [0.25, 0.3) is 0 Å². The molecule has 0 radical (unpaired) electrons. The van der Waals surface area contributed by atoms with Crippen molar-refractivity contribution in [3.05, 3.63) is 24.5 Å². The van der Waals surface area contributed by atoms with Gasteiger partial charge in [-0.25, -0.2) is 13.1 Å². The van der Waals surface area contributed by atoms with Gasteiger partial charge in [-0.05, 0) is 26.0 Å². The van der Waals surface area contributed by atoms with Crippen LogP contribution < -0.4 is 15.4 Å². The summed E-state index contributed by atoms with van der Waals surface area (Å²) in [7, 11) is -0.246. The van der Waals surface area contributed by atoms with Gasteiger partial charge in [0.05, 0.1) is 5.60 Å². The standard InChI is InChI=1S/C14H25N5O3S/c1-14(2,22-4)11-18-13(15-3)17-8-9-19-23(20,21)12-6-5-7-16-10-12/h5-7,10,19H,8-9,11H2,1-4H3,(H2,15,17,18). The molecule has 0 aromatic carbocycles. The van der Waals surface area contributed by atoms with E-state index in [-0.39, 0.29) is 17.0 Å². The Bertz CT molecular complexity index is 602. The number of ether oxygens (including phenoxy) is 1. The van der Waals surface area contributed by atoms with E-state index in [0.29, 0.717) is 19.0 Å². The van der Waals surface area contributed by atoms with Gasteiger partial charge in [-0.15, -0.1) is 0 Å². The van der Waals surface area contributed by atoms with Gasteiger partial charge < -0.3 is 15.4 Å². The molecule has 8 nitrogen and oxygen atoms in total. The van der Waals surface area contributed by atoms with Crippen molar-refractivity contribution < 1.29 is 13.2 Å². The zero-order chi connectivity index (χ0) is 17.3. The molecule has 0 saturated carbocycles. The minimum absolute atomic E-state index is 0.143. The number of nitrogens with zero attached hydrogens (tertiary/aromatic N) is 2. The Labute approximate surface area is 137 Å². The van der Waals surface area contributed by atoms with Gasteiger partial charge in [-0.2, -0.15) is 0 Å². The predicted molar refractivity (Wildman–Crippen MR) is 89.9 cm³/mol. The second-order valence-electron chi connectivity index (χ2n) is 5.40. The SMILES string of the molecule is CN=C(NCCNS(=O)(=O)c1cccnc1)NCC(C)(C)OC. The lowest BCUT2D eigenvalue weighted by molar-refractivity contribution is 0.0268. The van der Waals surface area contributed by atoms with E-state index in [1.807, 2.05) is 13.8 Å². The van der Waals surface area contributed by atoms with Crippen molar-refractivity contribution >= 4 is 16.0 Å². The molecule has 0 unspecified atom stereocenters. The third-order valence-corrected chi connectivity index (χ3v) is 4.56. The Morgan fingerprint density at radius 3 is 2.65 bits per heavy atom. The summed E-state index contributed by atoms with van der Waals surface area (Å²) in [6.07, 6.45) is 2.83. The molecule has 0 aliphatic carbocycles. The molecule has 1 heterocycles. The second-order valence-corrected chi connectivity index (χ2v) is 7.17. The molecule has 1 aromatic heterocycles. The largest absolute Gasteiger partial charge is 0.377 e. The van der Waals surface area contributed by atoms with E-state index >= 15 is 0 Å².